The molecule has 0 bridgehead atoms. The molecule has 1 nitrogen and oxygen atoms in total. The summed E-state index contributed by atoms with van der Waals surface area (Å²) in [4.78, 5) is 0. The molecular weight excluding hydrogens is 641 g/mol. The van der Waals surface area contributed by atoms with Crippen molar-refractivity contribution in [3.63, 3.8) is 0 Å². The predicted molar refractivity (Wildman–Crippen MR) is 231 cm³/mol. The molecule has 0 saturated heterocycles. The third-order valence-corrected chi connectivity index (χ3v) is 10.0. The van der Waals surface area contributed by atoms with Crippen LogP contribution >= 0.6 is 0 Å². The lowest BCUT2D eigenvalue weighted by molar-refractivity contribution is 0.669. The zero-order valence-electron chi connectivity index (χ0n) is 30.7. The lowest BCUT2D eigenvalue weighted by Gasteiger charge is -2.19. The average Bonchev–Trinajstić information content (AvgIpc) is 3.62. The quantitative estimate of drug-likeness (QED) is 0.168. The van der Waals surface area contributed by atoms with Gasteiger partial charge in [-0.3, -0.25) is 0 Å². The highest BCUT2D eigenvalue weighted by molar-refractivity contribution is 6.21. The summed E-state index contributed by atoms with van der Waals surface area (Å²) in [6.07, 6.45) is 0. The smallest absolute Gasteiger partial charge is 0.135 e. The second kappa shape index (κ2) is 14.7. The molecule has 0 unspecified atom stereocenters. The van der Waals surface area contributed by atoms with Gasteiger partial charge in [0.1, 0.15) is 11.2 Å². The summed E-state index contributed by atoms with van der Waals surface area (Å²) in [5.41, 5.74) is 11.6. The summed E-state index contributed by atoms with van der Waals surface area (Å²) in [6, 6.07) is 65.9. The summed E-state index contributed by atoms with van der Waals surface area (Å²) in [7, 11) is 0. The van der Waals surface area contributed by atoms with Crippen molar-refractivity contribution in [3.8, 4) is 44.5 Å². The van der Waals surface area contributed by atoms with E-state index in [-0.39, 0.29) is 0 Å². The zero-order chi connectivity index (χ0) is 36.3. The molecule has 0 radical (unpaired) electrons. The van der Waals surface area contributed by atoms with Gasteiger partial charge in [0, 0.05) is 10.8 Å². The summed E-state index contributed by atoms with van der Waals surface area (Å²) >= 11 is 0. The van der Waals surface area contributed by atoms with Gasteiger partial charge < -0.3 is 4.42 Å². The van der Waals surface area contributed by atoms with Gasteiger partial charge in [0.05, 0.1) is 0 Å². The highest BCUT2D eigenvalue weighted by atomic mass is 16.3. The van der Waals surface area contributed by atoms with Crippen molar-refractivity contribution in [2.24, 2.45) is 0 Å². The maximum absolute atomic E-state index is 6.13. The Kier molecular flexibility index (Phi) is 9.32. The van der Waals surface area contributed by atoms with Gasteiger partial charge in [-0.1, -0.05) is 179 Å². The molecule has 10 aromatic rings. The predicted octanol–water partition coefficient (Wildman–Crippen LogP) is 15.8. The largest absolute Gasteiger partial charge is 0.456 e. The molecule has 1 aromatic heterocycles. The standard InChI is InChI=1S/C48H30O.2C2H6/c1-2-18-37-31(12-1)13-11-24-38(37)34-15-10-17-36(29-34)48-42-22-5-3-20-40(42)47(41-21-4-6-23-43(41)48)35-16-9-14-32(28-35)33-26-27-46-44(30-33)39-19-7-8-25-45(39)49-46;2*1-2/h1-30H;2*1-2H3. The molecule has 0 N–H and O–H groups in total. The molecule has 0 saturated carbocycles. The van der Waals surface area contributed by atoms with Crippen LogP contribution in [0, 0.1) is 0 Å². The molecule has 256 valence electrons. The Labute approximate surface area is 311 Å². The topological polar surface area (TPSA) is 13.1 Å². The highest BCUT2D eigenvalue weighted by Crippen LogP contribution is 2.45. The lowest BCUT2D eigenvalue weighted by Crippen LogP contribution is -1.91. The normalized spacial score (nSPS) is 11.0. The molecule has 1 heteroatoms. The number of rotatable bonds is 4. The monoisotopic (exact) mass is 682 g/mol. The van der Waals surface area contributed by atoms with Gasteiger partial charge in [-0.2, -0.15) is 0 Å². The first-order valence-corrected chi connectivity index (χ1v) is 18.8. The molecule has 0 aliphatic rings. The molecule has 0 amide bonds. The van der Waals surface area contributed by atoms with Gasteiger partial charge in [-0.25, -0.2) is 0 Å². The van der Waals surface area contributed by atoms with Crippen molar-refractivity contribution >= 4 is 54.3 Å². The minimum absolute atomic E-state index is 0.915. The fourth-order valence-electron chi connectivity index (χ4n) is 7.83. The number of para-hydroxylation sites is 1. The van der Waals surface area contributed by atoms with E-state index in [0.29, 0.717) is 0 Å². The minimum atomic E-state index is 0.915. The van der Waals surface area contributed by atoms with Crippen LogP contribution < -0.4 is 0 Å². The fraction of sp³-hybridized carbons (Fsp3) is 0.0769. The van der Waals surface area contributed by atoms with Crippen LogP contribution in [-0.2, 0) is 0 Å². The van der Waals surface area contributed by atoms with Gasteiger partial charge in [-0.15, -0.1) is 0 Å². The van der Waals surface area contributed by atoms with Crippen molar-refractivity contribution in [2.45, 2.75) is 27.7 Å². The second-order valence-electron chi connectivity index (χ2n) is 12.8. The van der Waals surface area contributed by atoms with Gasteiger partial charge in [0.15, 0.2) is 0 Å². The summed E-state index contributed by atoms with van der Waals surface area (Å²) in [5, 5.41) is 9.82. The Morgan fingerprint density at radius 3 is 1.36 bits per heavy atom. The molecule has 9 aromatic carbocycles. The molecule has 10 rings (SSSR count). The molecule has 0 atom stereocenters. The van der Waals surface area contributed by atoms with Crippen LogP contribution in [0.25, 0.3) is 98.8 Å². The zero-order valence-corrected chi connectivity index (χ0v) is 30.7. The molecule has 1 heterocycles. The molecule has 0 fully saturated rings. The van der Waals surface area contributed by atoms with E-state index < -0.39 is 0 Å². The van der Waals surface area contributed by atoms with Crippen LogP contribution in [0.1, 0.15) is 27.7 Å². The molecule has 0 aliphatic heterocycles. The maximum atomic E-state index is 6.13. The molecule has 0 spiro atoms. The number of furan rings is 1. The Hall–Kier alpha value is -6.44. The van der Waals surface area contributed by atoms with E-state index in [1.165, 1.54) is 76.8 Å². The van der Waals surface area contributed by atoms with E-state index in [4.69, 9.17) is 4.42 Å². The lowest BCUT2D eigenvalue weighted by atomic mass is 9.85. The van der Waals surface area contributed by atoms with E-state index >= 15 is 0 Å². The Bertz CT molecular complexity index is 2830. The van der Waals surface area contributed by atoms with E-state index in [2.05, 4.69) is 170 Å². The highest BCUT2D eigenvalue weighted by Gasteiger charge is 2.18. The minimum Gasteiger partial charge on any atom is -0.456 e. The third-order valence-electron chi connectivity index (χ3n) is 10.0. The van der Waals surface area contributed by atoms with E-state index in [9.17, 15) is 0 Å². The van der Waals surface area contributed by atoms with Crippen LogP contribution in [0.5, 0.6) is 0 Å². The van der Waals surface area contributed by atoms with Gasteiger partial charge in [-0.05, 0) is 107 Å². The second-order valence-corrected chi connectivity index (χ2v) is 12.8. The van der Waals surface area contributed by atoms with Crippen LogP contribution in [-0.4, -0.2) is 0 Å². The van der Waals surface area contributed by atoms with Crippen molar-refractivity contribution in [1.82, 2.24) is 0 Å². The van der Waals surface area contributed by atoms with Crippen LogP contribution in [0.15, 0.2) is 186 Å². The Balaban J connectivity index is 0.000000969. The van der Waals surface area contributed by atoms with Crippen molar-refractivity contribution < 1.29 is 4.42 Å². The first-order valence-electron chi connectivity index (χ1n) is 18.8. The summed E-state index contributed by atoms with van der Waals surface area (Å²) in [6.45, 7) is 8.00. The van der Waals surface area contributed by atoms with Gasteiger partial charge >= 0.3 is 0 Å². The Morgan fingerprint density at radius 1 is 0.283 bits per heavy atom. The first kappa shape index (κ1) is 33.7. The van der Waals surface area contributed by atoms with E-state index in [0.717, 1.165) is 21.9 Å². The van der Waals surface area contributed by atoms with Crippen molar-refractivity contribution in [3.05, 3.63) is 182 Å². The maximum Gasteiger partial charge on any atom is 0.135 e. The molecule has 0 aliphatic carbocycles. The molecule has 53 heavy (non-hydrogen) atoms. The summed E-state index contributed by atoms with van der Waals surface area (Å²) in [5.74, 6) is 0. The molecular formula is C52H42O. The van der Waals surface area contributed by atoms with Gasteiger partial charge in [0.2, 0.25) is 0 Å². The first-order chi connectivity index (χ1) is 26.3. The number of benzene rings is 9. The fourth-order valence-corrected chi connectivity index (χ4v) is 7.83. The van der Waals surface area contributed by atoms with E-state index in [1.807, 2.05) is 39.8 Å². The number of hydrogen-bond donors (Lipinski definition) is 0. The summed E-state index contributed by atoms with van der Waals surface area (Å²) < 4.78 is 6.13. The number of fused-ring (bicyclic) bond motifs is 6. The number of hydrogen-bond acceptors (Lipinski definition) is 1. The third kappa shape index (κ3) is 5.95. The SMILES string of the molecule is CC.CC.c1cc(-c2ccc3oc4ccccc4c3c2)cc(-c2c3ccccc3c(-c3cccc(-c4cccc5ccccc45)c3)c3ccccc23)c1. The van der Waals surface area contributed by atoms with E-state index in [1.54, 1.807) is 0 Å². The Morgan fingerprint density at radius 2 is 0.717 bits per heavy atom. The van der Waals surface area contributed by atoms with Crippen molar-refractivity contribution in [1.29, 1.82) is 0 Å². The average molecular weight is 683 g/mol. The van der Waals surface area contributed by atoms with Crippen molar-refractivity contribution in [2.75, 3.05) is 0 Å². The van der Waals surface area contributed by atoms with Crippen LogP contribution in [0.2, 0.25) is 0 Å². The van der Waals surface area contributed by atoms with Crippen LogP contribution in [0.4, 0.5) is 0 Å². The van der Waals surface area contributed by atoms with Crippen LogP contribution in [0.3, 0.4) is 0 Å². The van der Waals surface area contributed by atoms with Gasteiger partial charge in [0.25, 0.3) is 0 Å².